The fourth-order valence-corrected chi connectivity index (χ4v) is 2.61. The molecule has 3 aromatic rings. The number of nitrogens with one attached hydrogen (secondary N) is 3. The Morgan fingerprint density at radius 3 is 2.69 bits per heavy atom. The van der Waals surface area contributed by atoms with Gasteiger partial charge in [0.15, 0.2) is 5.82 Å². The highest BCUT2D eigenvalue weighted by molar-refractivity contribution is 5.93. The minimum atomic E-state index is -1.27. The van der Waals surface area contributed by atoms with E-state index in [4.69, 9.17) is 5.73 Å². The monoisotopic (exact) mass is 358 g/mol. The molecule has 3 rings (SSSR count). The third kappa shape index (κ3) is 3.72. The number of hydrogen-bond acceptors (Lipinski definition) is 5. The quantitative estimate of drug-likeness (QED) is 0.489. The van der Waals surface area contributed by atoms with Crippen molar-refractivity contribution in [2.75, 3.05) is 11.1 Å². The second-order valence-corrected chi connectivity index (χ2v) is 6.46. The maximum absolute atomic E-state index is 13.1. The summed E-state index contributed by atoms with van der Waals surface area (Å²) in [6.07, 6.45) is 1.50. The topological polar surface area (TPSA) is 129 Å². The summed E-state index contributed by atoms with van der Waals surface area (Å²) in [5.41, 5.74) is 5.60. The van der Waals surface area contributed by atoms with Crippen LogP contribution in [0.5, 0.6) is 0 Å². The fourth-order valence-electron chi connectivity index (χ4n) is 2.61. The lowest BCUT2D eigenvalue weighted by Crippen LogP contribution is -2.43. The van der Waals surface area contributed by atoms with Crippen LogP contribution in [0.15, 0.2) is 36.5 Å². The average molecular weight is 358 g/mol. The number of aromatic nitrogens is 3. The van der Waals surface area contributed by atoms with Gasteiger partial charge in [-0.05, 0) is 31.5 Å². The summed E-state index contributed by atoms with van der Waals surface area (Å²) >= 11 is 0. The van der Waals surface area contributed by atoms with Gasteiger partial charge in [-0.25, -0.2) is 14.2 Å². The lowest BCUT2D eigenvalue weighted by atomic mass is 9.92. The molecule has 9 heteroatoms. The van der Waals surface area contributed by atoms with E-state index < -0.39 is 23.5 Å². The molecule has 0 bridgehead atoms. The number of hydrogen-bond donors (Lipinski definition) is 5. The van der Waals surface area contributed by atoms with Gasteiger partial charge in [0.05, 0.1) is 22.5 Å². The predicted molar refractivity (Wildman–Crippen MR) is 95.9 cm³/mol. The number of nitrogens with zero attached hydrogens (tertiary/aromatic N) is 2. The van der Waals surface area contributed by atoms with Crippen LogP contribution in [-0.4, -0.2) is 31.9 Å². The Morgan fingerprint density at radius 2 is 2.04 bits per heavy atom. The van der Waals surface area contributed by atoms with Crippen molar-refractivity contribution in [1.82, 2.24) is 20.5 Å². The highest BCUT2D eigenvalue weighted by Gasteiger charge is 2.30. The van der Waals surface area contributed by atoms with Crippen LogP contribution in [0.2, 0.25) is 0 Å². The summed E-state index contributed by atoms with van der Waals surface area (Å²) in [5, 5.41) is 22.9. The largest absolute Gasteiger partial charge is 0.388 e. The highest BCUT2D eigenvalue weighted by atomic mass is 19.1. The number of fused-ring (bicyclic) bond motifs is 1. The SMILES string of the molecule is CC(C)(O)[C@@H](NC(=O)Nc1cc2[nH]nc(N)c2cn1)c1ccc(F)cc1. The number of rotatable bonds is 4. The molecule has 1 atom stereocenters. The number of nitrogens with two attached hydrogens (primary N) is 1. The van der Waals surface area contributed by atoms with Gasteiger partial charge in [0.2, 0.25) is 0 Å². The second kappa shape index (κ2) is 6.60. The van der Waals surface area contributed by atoms with E-state index in [9.17, 15) is 14.3 Å². The molecular formula is C17H19FN6O2. The van der Waals surface area contributed by atoms with Crippen LogP contribution in [0, 0.1) is 5.82 Å². The molecule has 0 spiro atoms. The van der Waals surface area contributed by atoms with Crippen LogP contribution < -0.4 is 16.4 Å². The maximum Gasteiger partial charge on any atom is 0.320 e. The Kier molecular flexibility index (Phi) is 4.47. The number of benzene rings is 1. The number of carbonyl (C=O) groups is 1. The molecule has 0 radical (unpaired) electrons. The van der Waals surface area contributed by atoms with Gasteiger partial charge in [-0.15, -0.1) is 0 Å². The first-order valence-electron chi connectivity index (χ1n) is 7.89. The van der Waals surface area contributed by atoms with Gasteiger partial charge < -0.3 is 16.2 Å². The minimum absolute atomic E-state index is 0.284. The minimum Gasteiger partial charge on any atom is -0.388 e. The normalized spacial score (nSPS) is 12.8. The van der Waals surface area contributed by atoms with Crippen LogP contribution in [-0.2, 0) is 0 Å². The number of halogens is 1. The number of carbonyl (C=O) groups excluding carboxylic acids is 1. The molecule has 0 aliphatic rings. The van der Waals surface area contributed by atoms with E-state index in [0.29, 0.717) is 22.3 Å². The number of aliphatic hydroxyl groups is 1. The van der Waals surface area contributed by atoms with Crippen molar-refractivity contribution < 1.29 is 14.3 Å². The third-order valence-electron chi connectivity index (χ3n) is 3.90. The van der Waals surface area contributed by atoms with E-state index in [1.807, 2.05) is 0 Å². The molecule has 2 amide bonds. The summed E-state index contributed by atoms with van der Waals surface area (Å²) in [4.78, 5) is 16.5. The Bertz CT molecular complexity index is 933. The zero-order valence-corrected chi connectivity index (χ0v) is 14.2. The number of pyridine rings is 1. The van der Waals surface area contributed by atoms with Crippen molar-refractivity contribution >= 4 is 28.6 Å². The molecule has 136 valence electrons. The van der Waals surface area contributed by atoms with Crippen LogP contribution in [0.25, 0.3) is 10.9 Å². The van der Waals surface area contributed by atoms with Crippen molar-refractivity contribution in [2.24, 2.45) is 0 Å². The zero-order chi connectivity index (χ0) is 18.9. The molecule has 1 aromatic carbocycles. The van der Waals surface area contributed by atoms with Gasteiger partial charge >= 0.3 is 6.03 Å². The molecule has 26 heavy (non-hydrogen) atoms. The number of H-pyrrole nitrogens is 1. The lowest BCUT2D eigenvalue weighted by molar-refractivity contribution is 0.0415. The van der Waals surface area contributed by atoms with Gasteiger partial charge in [0, 0.05) is 12.3 Å². The Hall–Kier alpha value is -3.20. The van der Waals surface area contributed by atoms with Crippen molar-refractivity contribution in [2.45, 2.75) is 25.5 Å². The van der Waals surface area contributed by atoms with E-state index in [2.05, 4.69) is 25.8 Å². The number of urea groups is 1. The number of aromatic amines is 1. The first-order chi connectivity index (χ1) is 12.2. The van der Waals surface area contributed by atoms with E-state index in [-0.39, 0.29) is 5.82 Å². The van der Waals surface area contributed by atoms with Crippen LogP contribution in [0.4, 0.5) is 20.8 Å². The molecule has 2 heterocycles. The lowest BCUT2D eigenvalue weighted by Gasteiger charge is -2.30. The van der Waals surface area contributed by atoms with Crippen molar-refractivity contribution in [3.05, 3.63) is 47.9 Å². The molecular weight excluding hydrogens is 339 g/mol. The molecule has 0 saturated carbocycles. The third-order valence-corrected chi connectivity index (χ3v) is 3.90. The smallest absolute Gasteiger partial charge is 0.320 e. The molecule has 2 aromatic heterocycles. The van der Waals surface area contributed by atoms with E-state index >= 15 is 0 Å². The molecule has 8 nitrogen and oxygen atoms in total. The molecule has 6 N–H and O–H groups in total. The summed E-state index contributed by atoms with van der Waals surface area (Å²) in [6.45, 7) is 3.11. The predicted octanol–water partition coefficient (Wildman–Crippen LogP) is 2.31. The summed E-state index contributed by atoms with van der Waals surface area (Å²) in [6, 6.07) is 5.83. The van der Waals surface area contributed by atoms with Crippen LogP contribution in [0.3, 0.4) is 0 Å². The molecule has 0 fully saturated rings. The summed E-state index contributed by atoms with van der Waals surface area (Å²) in [5.74, 6) is 0.207. The number of anilines is 2. The maximum atomic E-state index is 13.1. The molecule has 0 unspecified atom stereocenters. The first kappa shape index (κ1) is 17.6. The van der Waals surface area contributed by atoms with E-state index in [0.717, 1.165) is 0 Å². The Labute approximate surface area is 148 Å². The van der Waals surface area contributed by atoms with Gasteiger partial charge in [-0.3, -0.25) is 10.4 Å². The van der Waals surface area contributed by atoms with Crippen molar-refractivity contribution in [3.63, 3.8) is 0 Å². The molecule has 0 saturated heterocycles. The van der Waals surface area contributed by atoms with Gasteiger partial charge in [-0.2, -0.15) is 5.10 Å². The fraction of sp³-hybridized carbons (Fsp3) is 0.235. The standard InChI is InChI=1S/C17H19FN6O2/c1-17(2,26)14(9-3-5-10(18)6-4-9)22-16(25)21-13-7-12-11(8-20-13)15(19)24-23-12/h3-8,14,26H,1-2H3,(H3,19,23,24)(H2,20,21,22,25)/t14-/m0/s1. The van der Waals surface area contributed by atoms with Crippen molar-refractivity contribution in [3.8, 4) is 0 Å². The van der Waals surface area contributed by atoms with Crippen LogP contribution in [0.1, 0.15) is 25.5 Å². The highest BCUT2D eigenvalue weighted by Crippen LogP contribution is 2.26. The average Bonchev–Trinajstić information content (AvgIpc) is 2.93. The van der Waals surface area contributed by atoms with E-state index in [1.165, 1.54) is 30.5 Å². The Balaban J connectivity index is 1.77. The Morgan fingerprint density at radius 1 is 1.35 bits per heavy atom. The zero-order valence-electron chi connectivity index (χ0n) is 14.2. The number of nitrogen functional groups attached to an aromatic ring is 1. The number of amides is 2. The summed E-state index contributed by atoms with van der Waals surface area (Å²) in [7, 11) is 0. The van der Waals surface area contributed by atoms with Crippen molar-refractivity contribution in [1.29, 1.82) is 0 Å². The second-order valence-electron chi connectivity index (χ2n) is 6.46. The van der Waals surface area contributed by atoms with Crippen LogP contribution >= 0.6 is 0 Å². The molecule has 0 aliphatic carbocycles. The first-order valence-corrected chi connectivity index (χ1v) is 7.89. The van der Waals surface area contributed by atoms with E-state index in [1.54, 1.807) is 19.9 Å². The van der Waals surface area contributed by atoms with Gasteiger partial charge in [0.25, 0.3) is 0 Å². The molecule has 0 aliphatic heterocycles. The van der Waals surface area contributed by atoms with Gasteiger partial charge in [0.1, 0.15) is 11.6 Å². The summed E-state index contributed by atoms with van der Waals surface area (Å²) < 4.78 is 13.1. The van der Waals surface area contributed by atoms with Gasteiger partial charge in [-0.1, -0.05) is 12.1 Å².